The summed E-state index contributed by atoms with van der Waals surface area (Å²) in [4.78, 5) is 46.5. The average Bonchev–Trinajstić information content (AvgIpc) is 1.64. The minimum atomic E-state index is -1.52. The van der Waals surface area contributed by atoms with Crippen LogP contribution in [-0.4, -0.2) is 210 Å². The second-order valence-corrected chi connectivity index (χ2v) is 29.3. The number of hydrogen-bond acceptors (Lipinski definition) is 15. The highest BCUT2D eigenvalue weighted by Gasteiger charge is 2.40. The number of carbonyl (C=O) groups is 3. The molecule has 118 heavy (non-hydrogen) atoms. The van der Waals surface area contributed by atoms with Gasteiger partial charge >= 0.3 is 18.1 Å². The number of urea groups is 3. The number of likely N-dealkylation sites (tertiary alicyclic amines) is 3. The lowest BCUT2D eigenvalue weighted by Gasteiger charge is -2.21. The molecule has 34 heteroatoms. The van der Waals surface area contributed by atoms with Gasteiger partial charge in [-0.2, -0.15) is 30.6 Å². The smallest absolute Gasteiger partial charge is 0.320 e. The molecule has 0 aliphatic carbocycles. The fraction of sp³-hybridized carbons (Fsp3) is 0.321. The third-order valence-corrected chi connectivity index (χ3v) is 21.1. The number of benzene rings is 6. The summed E-state index contributed by atoms with van der Waals surface area (Å²) in [5.74, 6) is -6.64. The SMILES string of the molecule is COCCN1C[C@@H](NC(=O)Nc2c(C)c(-c3cnn(C)c3)nn2-c2ccccc2)[C@H](c2cc(F)c(F)c(F)c2)C1.COCCN1C[C@@H](NC(=O)Nc2c(C)c(-c3cnn(C)c3)nn2-c2ccccc2)[C@H](c2cc(F)cc(F)c2)C1.COCCN1C[C@@H](NC(=O)Nc2c(C)c(-c3cnn(C)c3)nn2-c2ccccc2)[C@H](c2ccc(F)c(F)c2)C1. The number of nitrogens with zero attached hydrogens (tertiary/aromatic N) is 15. The number of anilines is 3. The first-order valence-electron chi connectivity index (χ1n) is 38.2. The van der Waals surface area contributed by atoms with Crippen LogP contribution in [0.4, 0.5) is 62.6 Å². The quantitative estimate of drug-likeness (QED) is 0.0243. The van der Waals surface area contributed by atoms with Gasteiger partial charge in [0.1, 0.15) is 46.2 Å². The van der Waals surface area contributed by atoms with E-state index in [-0.39, 0.29) is 29.5 Å². The Balaban J connectivity index is 0.000000153. The Bertz CT molecular complexity index is 5420. The van der Waals surface area contributed by atoms with E-state index in [1.165, 1.54) is 18.2 Å². The van der Waals surface area contributed by atoms with E-state index in [0.717, 1.165) is 74.7 Å². The summed E-state index contributed by atoms with van der Waals surface area (Å²) in [7, 11) is 10.3. The maximum absolute atomic E-state index is 14.1. The lowest BCUT2D eigenvalue weighted by atomic mass is 9.94. The Kier molecular flexibility index (Phi) is 26.7. The largest absolute Gasteiger partial charge is 0.383 e. The minimum absolute atomic E-state index is 0.228. The molecule has 0 spiro atoms. The van der Waals surface area contributed by atoms with Gasteiger partial charge in [0.05, 0.1) is 73.6 Å². The second kappa shape index (κ2) is 37.7. The van der Waals surface area contributed by atoms with Gasteiger partial charge in [0.25, 0.3) is 0 Å². The highest BCUT2D eigenvalue weighted by atomic mass is 19.2. The molecule has 6 N–H and O–H groups in total. The highest BCUT2D eigenvalue weighted by Crippen LogP contribution is 2.37. The number of aromatic nitrogens is 12. The molecular formula is C84H92F7N21O6. The molecule has 3 aliphatic heterocycles. The van der Waals surface area contributed by atoms with Crippen LogP contribution in [0.25, 0.3) is 50.8 Å². The number of carbonyl (C=O) groups excluding carboxylic acids is 3. The molecule has 9 heterocycles. The summed E-state index contributed by atoms with van der Waals surface area (Å²) in [5.41, 5.74) is 10.5. The van der Waals surface area contributed by atoms with Crippen molar-refractivity contribution in [2.24, 2.45) is 21.1 Å². The fourth-order valence-corrected chi connectivity index (χ4v) is 15.2. The summed E-state index contributed by atoms with van der Waals surface area (Å²) in [6.45, 7) is 12.0. The normalized spacial score (nSPS) is 17.4. The van der Waals surface area contributed by atoms with Crippen LogP contribution in [0.2, 0.25) is 0 Å². The van der Waals surface area contributed by atoms with Gasteiger partial charge in [0.15, 0.2) is 29.1 Å². The molecule has 6 aromatic carbocycles. The van der Waals surface area contributed by atoms with Crippen LogP contribution >= 0.6 is 0 Å². The van der Waals surface area contributed by atoms with E-state index in [1.807, 2.05) is 156 Å². The first-order valence-corrected chi connectivity index (χ1v) is 38.2. The molecule has 6 amide bonds. The Morgan fingerprint density at radius 2 is 0.703 bits per heavy atom. The lowest BCUT2D eigenvalue weighted by Crippen LogP contribution is -2.42. The molecule has 6 aromatic heterocycles. The Morgan fingerprint density at radius 3 is 1.01 bits per heavy atom. The number of para-hydroxylation sites is 3. The molecule has 3 aliphatic rings. The van der Waals surface area contributed by atoms with E-state index in [4.69, 9.17) is 29.5 Å². The first kappa shape index (κ1) is 83.6. The van der Waals surface area contributed by atoms with Crippen molar-refractivity contribution in [3.05, 3.63) is 251 Å². The zero-order valence-electron chi connectivity index (χ0n) is 66.5. The summed E-state index contributed by atoms with van der Waals surface area (Å²) in [5, 5.41) is 45.1. The van der Waals surface area contributed by atoms with Crippen LogP contribution in [0, 0.1) is 61.5 Å². The van der Waals surface area contributed by atoms with Crippen LogP contribution in [0.1, 0.15) is 51.1 Å². The van der Waals surface area contributed by atoms with Crippen LogP contribution in [0.5, 0.6) is 0 Å². The van der Waals surface area contributed by atoms with Gasteiger partial charge < -0.3 is 30.2 Å². The number of nitrogens with one attached hydrogen (secondary N) is 6. The number of halogens is 7. The van der Waals surface area contributed by atoms with Gasteiger partial charge in [-0.15, -0.1) is 0 Å². The van der Waals surface area contributed by atoms with Gasteiger partial charge in [-0.1, -0.05) is 60.7 Å². The minimum Gasteiger partial charge on any atom is -0.383 e. The molecule has 0 radical (unpaired) electrons. The van der Waals surface area contributed by atoms with Crippen LogP contribution in [-0.2, 0) is 35.4 Å². The number of ether oxygens (including phenoxy) is 3. The van der Waals surface area contributed by atoms with Crippen molar-refractivity contribution in [2.75, 3.05) is 116 Å². The number of amides is 6. The zero-order valence-corrected chi connectivity index (χ0v) is 66.5. The number of aryl methyl sites for hydroxylation is 3. The van der Waals surface area contributed by atoms with Crippen LogP contribution in [0.15, 0.2) is 177 Å². The summed E-state index contributed by atoms with van der Waals surface area (Å²) >= 11 is 0. The van der Waals surface area contributed by atoms with Crippen molar-refractivity contribution in [1.29, 1.82) is 0 Å². The number of hydrogen-bond donors (Lipinski definition) is 6. The van der Waals surface area contributed by atoms with Crippen molar-refractivity contribution in [1.82, 2.24) is 89.3 Å². The Morgan fingerprint density at radius 1 is 0.390 bits per heavy atom. The maximum atomic E-state index is 14.1. The maximum Gasteiger partial charge on any atom is 0.320 e. The lowest BCUT2D eigenvalue weighted by molar-refractivity contribution is 0.159. The summed E-state index contributed by atoms with van der Waals surface area (Å²) in [6.07, 6.45) is 10.7. The molecule has 0 bridgehead atoms. The van der Waals surface area contributed by atoms with Gasteiger partial charge in [-0.3, -0.25) is 44.7 Å². The van der Waals surface area contributed by atoms with E-state index >= 15 is 0 Å². The number of rotatable bonds is 24. The summed E-state index contributed by atoms with van der Waals surface area (Å²) < 4.78 is 123. The summed E-state index contributed by atoms with van der Waals surface area (Å²) in [6, 6.07) is 35.2. The third kappa shape index (κ3) is 19.7. The van der Waals surface area contributed by atoms with Crippen molar-refractivity contribution < 1.29 is 59.3 Å². The van der Waals surface area contributed by atoms with Gasteiger partial charge in [-0.05, 0) is 110 Å². The van der Waals surface area contributed by atoms with Crippen LogP contribution < -0.4 is 31.9 Å². The average molecular weight is 1620 g/mol. The van der Waals surface area contributed by atoms with E-state index in [9.17, 15) is 45.1 Å². The predicted octanol–water partition coefficient (Wildman–Crippen LogP) is 12.4. The van der Waals surface area contributed by atoms with E-state index in [1.54, 1.807) is 74.1 Å². The molecule has 0 unspecified atom stereocenters. The topological polar surface area (TPSA) is 268 Å². The first-order chi connectivity index (χ1) is 56.9. The van der Waals surface area contributed by atoms with Gasteiger partial charge in [0, 0.05) is 177 Å². The second-order valence-electron chi connectivity index (χ2n) is 29.3. The zero-order chi connectivity index (χ0) is 83.4. The van der Waals surface area contributed by atoms with Gasteiger partial charge in [0.2, 0.25) is 0 Å². The molecule has 6 atom stereocenters. The molecule has 0 saturated carbocycles. The predicted molar refractivity (Wildman–Crippen MR) is 432 cm³/mol. The molecule has 3 saturated heterocycles. The molecular weight excluding hydrogens is 1530 g/mol. The Labute approximate surface area is 676 Å². The molecule has 15 rings (SSSR count). The standard InChI is InChI=1S/C28H30F3N7O2.2C28H31F2N7O2/c1-17-26(19-13-32-36(2)14-19)35-38(20-7-5-4-6-8-20)27(17)34-28(39)33-24-16-37(9-10-40-3)15-21(24)18-11-22(29)25(31)23(30)12-18;1-18-26(20-14-31-35(2)15-20)34-37(23-7-5-4-6-8-23)27(18)33-28(38)32-25-17-36(9-10-39-3)16-24(25)19-11-21(29)13-22(30)12-19;1-18-26(20-14-31-35(2)15-20)34-37(21-7-5-4-6-8-21)27(18)33-28(38)32-25-17-36(11-12-39-3)16-22(25)19-9-10-23(29)24(30)13-19/h4-8,11-14,21,24H,9-10,15-16H2,1-3H3,(H2,33,34,39);4-8,11-15,24-25H,9-10,16-17H2,1-3H3,(H2,32,33,38);4-10,13-15,22,25H,11-12,16-17H2,1-3H3,(H2,32,33,38)/t21-,24+;24-,25+;22-,25+/m000/s1. The van der Waals surface area contributed by atoms with Gasteiger partial charge in [-0.25, -0.2) is 59.2 Å². The molecule has 3 fully saturated rings. The van der Waals surface area contributed by atoms with E-state index in [0.29, 0.717) is 124 Å². The molecule has 27 nitrogen and oxygen atoms in total. The van der Waals surface area contributed by atoms with E-state index in [2.05, 4.69) is 57.0 Å². The van der Waals surface area contributed by atoms with E-state index < -0.39 is 70.8 Å². The Hall–Kier alpha value is -12.3. The highest BCUT2D eigenvalue weighted by molar-refractivity contribution is 5.93. The van der Waals surface area contributed by atoms with Crippen molar-refractivity contribution >= 4 is 35.5 Å². The fourth-order valence-electron chi connectivity index (χ4n) is 15.2. The van der Waals surface area contributed by atoms with Crippen molar-refractivity contribution in [3.63, 3.8) is 0 Å². The number of methoxy groups -OCH3 is 3. The van der Waals surface area contributed by atoms with Crippen molar-refractivity contribution in [3.8, 4) is 50.8 Å². The van der Waals surface area contributed by atoms with Crippen molar-refractivity contribution in [2.45, 2.75) is 56.7 Å². The molecule has 618 valence electrons. The third-order valence-electron chi connectivity index (χ3n) is 21.1. The van der Waals surface area contributed by atoms with Crippen LogP contribution in [0.3, 0.4) is 0 Å². The molecule has 12 aromatic rings. The monoisotopic (exact) mass is 1620 g/mol.